The van der Waals surface area contributed by atoms with Gasteiger partial charge in [-0.3, -0.25) is 9.59 Å². The standard InChI is InChI=1S/C21H23N3O4/c1-13(2)21-24-16-12-14(8-9-18(16)28-21)23-19(25)10-11-22-20(26)15-6-4-5-7-17(15)27-3/h4-9,12-13H,10-11H2,1-3H3,(H,22,26)(H,23,25). The number of nitrogens with one attached hydrogen (secondary N) is 2. The molecule has 0 saturated carbocycles. The lowest BCUT2D eigenvalue weighted by Gasteiger charge is -2.09. The lowest BCUT2D eigenvalue weighted by atomic mass is 10.2. The first-order chi connectivity index (χ1) is 13.5. The highest BCUT2D eigenvalue weighted by Crippen LogP contribution is 2.23. The molecule has 0 atom stereocenters. The number of benzene rings is 2. The molecule has 28 heavy (non-hydrogen) atoms. The van der Waals surface area contributed by atoms with E-state index < -0.39 is 0 Å². The fourth-order valence-corrected chi connectivity index (χ4v) is 2.71. The van der Waals surface area contributed by atoms with Crippen LogP contribution in [0.3, 0.4) is 0 Å². The molecule has 146 valence electrons. The Balaban J connectivity index is 1.54. The van der Waals surface area contributed by atoms with Gasteiger partial charge in [-0.25, -0.2) is 4.98 Å². The number of hydrogen-bond acceptors (Lipinski definition) is 5. The topological polar surface area (TPSA) is 93.5 Å². The molecular weight excluding hydrogens is 358 g/mol. The summed E-state index contributed by atoms with van der Waals surface area (Å²) in [7, 11) is 1.51. The molecule has 0 aliphatic heterocycles. The molecule has 7 heteroatoms. The number of para-hydroxylation sites is 1. The van der Waals surface area contributed by atoms with Gasteiger partial charge in [-0.15, -0.1) is 0 Å². The van der Waals surface area contributed by atoms with E-state index in [0.29, 0.717) is 34.0 Å². The van der Waals surface area contributed by atoms with E-state index in [-0.39, 0.29) is 30.7 Å². The van der Waals surface area contributed by atoms with E-state index in [1.807, 2.05) is 13.8 Å². The second-order valence-corrected chi connectivity index (χ2v) is 6.64. The smallest absolute Gasteiger partial charge is 0.255 e. The SMILES string of the molecule is COc1ccccc1C(=O)NCCC(=O)Nc1ccc2oc(C(C)C)nc2c1. The highest BCUT2D eigenvalue weighted by atomic mass is 16.5. The highest BCUT2D eigenvalue weighted by Gasteiger charge is 2.13. The van der Waals surface area contributed by atoms with Gasteiger partial charge in [0.05, 0.1) is 12.7 Å². The molecule has 0 aliphatic rings. The Morgan fingerprint density at radius 1 is 1.18 bits per heavy atom. The average Bonchev–Trinajstić information content (AvgIpc) is 3.11. The first kappa shape index (κ1) is 19.4. The van der Waals surface area contributed by atoms with Gasteiger partial charge in [0.1, 0.15) is 11.3 Å². The fourth-order valence-electron chi connectivity index (χ4n) is 2.71. The molecule has 0 fully saturated rings. The maximum absolute atomic E-state index is 12.2. The van der Waals surface area contributed by atoms with Gasteiger partial charge in [-0.2, -0.15) is 0 Å². The van der Waals surface area contributed by atoms with Crippen molar-refractivity contribution in [2.45, 2.75) is 26.2 Å². The number of oxazole rings is 1. The van der Waals surface area contributed by atoms with Crippen LogP contribution >= 0.6 is 0 Å². The van der Waals surface area contributed by atoms with Gasteiger partial charge >= 0.3 is 0 Å². The zero-order valence-corrected chi connectivity index (χ0v) is 16.1. The predicted molar refractivity (Wildman–Crippen MR) is 107 cm³/mol. The van der Waals surface area contributed by atoms with Crippen molar-refractivity contribution in [3.8, 4) is 5.75 Å². The Morgan fingerprint density at radius 2 is 1.96 bits per heavy atom. The molecule has 0 saturated heterocycles. The largest absolute Gasteiger partial charge is 0.496 e. The Morgan fingerprint density at radius 3 is 2.71 bits per heavy atom. The van der Waals surface area contributed by atoms with Crippen LogP contribution in [-0.2, 0) is 4.79 Å². The number of ether oxygens (including phenoxy) is 1. The number of carbonyl (C=O) groups excluding carboxylic acids is 2. The van der Waals surface area contributed by atoms with Crippen molar-refractivity contribution in [2.75, 3.05) is 19.0 Å². The molecule has 0 bridgehead atoms. The van der Waals surface area contributed by atoms with Crippen LogP contribution in [0.15, 0.2) is 46.9 Å². The van der Waals surface area contributed by atoms with Crippen LogP contribution in [0.25, 0.3) is 11.1 Å². The van der Waals surface area contributed by atoms with Crippen LogP contribution in [0.1, 0.15) is 42.4 Å². The zero-order chi connectivity index (χ0) is 20.1. The molecule has 0 spiro atoms. The van der Waals surface area contributed by atoms with Crippen molar-refractivity contribution in [3.63, 3.8) is 0 Å². The minimum absolute atomic E-state index is 0.148. The number of nitrogens with zero attached hydrogens (tertiary/aromatic N) is 1. The van der Waals surface area contributed by atoms with E-state index in [1.54, 1.807) is 42.5 Å². The summed E-state index contributed by atoms with van der Waals surface area (Å²) in [4.78, 5) is 28.8. The van der Waals surface area contributed by atoms with Crippen molar-refractivity contribution in [1.29, 1.82) is 0 Å². The maximum atomic E-state index is 12.2. The van der Waals surface area contributed by atoms with Crippen molar-refractivity contribution in [1.82, 2.24) is 10.3 Å². The summed E-state index contributed by atoms with van der Waals surface area (Å²) in [6.07, 6.45) is 0.148. The lowest BCUT2D eigenvalue weighted by molar-refractivity contribution is -0.116. The molecule has 0 unspecified atom stereocenters. The lowest BCUT2D eigenvalue weighted by Crippen LogP contribution is -2.28. The van der Waals surface area contributed by atoms with Gasteiger partial charge in [0.25, 0.3) is 5.91 Å². The fraction of sp³-hybridized carbons (Fsp3) is 0.286. The van der Waals surface area contributed by atoms with Crippen LogP contribution in [0, 0.1) is 0 Å². The first-order valence-corrected chi connectivity index (χ1v) is 9.09. The summed E-state index contributed by atoms with van der Waals surface area (Å²) in [5, 5.41) is 5.54. The monoisotopic (exact) mass is 381 g/mol. The van der Waals surface area contributed by atoms with Gasteiger partial charge < -0.3 is 19.8 Å². The van der Waals surface area contributed by atoms with Crippen LogP contribution in [0.5, 0.6) is 5.75 Å². The minimum atomic E-state index is -0.282. The van der Waals surface area contributed by atoms with Gasteiger partial charge in [0.15, 0.2) is 11.5 Å². The molecular formula is C21H23N3O4. The first-order valence-electron chi connectivity index (χ1n) is 9.09. The van der Waals surface area contributed by atoms with Gasteiger partial charge in [-0.05, 0) is 30.3 Å². The van der Waals surface area contributed by atoms with Crippen LogP contribution < -0.4 is 15.4 Å². The van der Waals surface area contributed by atoms with E-state index >= 15 is 0 Å². The van der Waals surface area contributed by atoms with E-state index in [4.69, 9.17) is 9.15 Å². The normalized spacial score (nSPS) is 10.9. The van der Waals surface area contributed by atoms with Crippen LogP contribution in [-0.4, -0.2) is 30.5 Å². The quantitative estimate of drug-likeness (QED) is 0.651. The van der Waals surface area contributed by atoms with E-state index in [1.165, 1.54) is 7.11 Å². The molecule has 0 radical (unpaired) electrons. The summed E-state index contributed by atoms with van der Waals surface area (Å²) < 4.78 is 10.8. The molecule has 1 heterocycles. The van der Waals surface area contributed by atoms with E-state index in [9.17, 15) is 9.59 Å². The average molecular weight is 381 g/mol. The summed E-state index contributed by atoms with van der Waals surface area (Å²) in [5.41, 5.74) is 2.46. The molecule has 2 amide bonds. The van der Waals surface area contributed by atoms with Gasteiger partial charge in [-0.1, -0.05) is 26.0 Å². The Hall–Kier alpha value is -3.35. The third-order valence-corrected chi connectivity index (χ3v) is 4.17. The second kappa shape index (κ2) is 8.56. The highest BCUT2D eigenvalue weighted by molar-refractivity contribution is 5.97. The van der Waals surface area contributed by atoms with E-state index in [2.05, 4.69) is 15.6 Å². The second-order valence-electron chi connectivity index (χ2n) is 6.64. The zero-order valence-electron chi connectivity index (χ0n) is 16.1. The van der Waals surface area contributed by atoms with Crippen LogP contribution in [0.2, 0.25) is 0 Å². The molecule has 2 N–H and O–H groups in total. The molecule has 7 nitrogen and oxygen atoms in total. The number of fused-ring (bicyclic) bond motifs is 1. The molecule has 0 aliphatic carbocycles. The Kier molecular flexibility index (Phi) is 5.93. The molecule has 3 aromatic rings. The number of aromatic nitrogens is 1. The van der Waals surface area contributed by atoms with Gasteiger partial charge in [0.2, 0.25) is 5.91 Å². The van der Waals surface area contributed by atoms with Crippen molar-refractivity contribution in [2.24, 2.45) is 0 Å². The molecule has 2 aromatic carbocycles. The molecule has 3 rings (SSSR count). The summed E-state index contributed by atoms with van der Waals surface area (Å²) in [6.45, 7) is 4.23. The minimum Gasteiger partial charge on any atom is -0.496 e. The van der Waals surface area contributed by atoms with E-state index in [0.717, 1.165) is 0 Å². The van der Waals surface area contributed by atoms with Crippen molar-refractivity contribution in [3.05, 3.63) is 53.9 Å². The maximum Gasteiger partial charge on any atom is 0.255 e. The third-order valence-electron chi connectivity index (χ3n) is 4.17. The van der Waals surface area contributed by atoms with Crippen molar-refractivity contribution < 1.29 is 18.7 Å². The number of hydrogen-bond donors (Lipinski definition) is 2. The number of amides is 2. The number of methoxy groups -OCH3 is 1. The third kappa shape index (κ3) is 4.49. The number of anilines is 1. The summed E-state index contributed by atoms with van der Waals surface area (Å²) in [6, 6.07) is 12.3. The summed E-state index contributed by atoms with van der Waals surface area (Å²) >= 11 is 0. The van der Waals surface area contributed by atoms with Crippen LogP contribution in [0.4, 0.5) is 5.69 Å². The number of rotatable bonds is 7. The van der Waals surface area contributed by atoms with Crippen molar-refractivity contribution >= 4 is 28.6 Å². The Labute approximate surface area is 163 Å². The Bertz CT molecular complexity index is 994. The predicted octanol–water partition coefficient (Wildman–Crippen LogP) is 3.72. The summed E-state index contributed by atoms with van der Waals surface area (Å²) in [5.74, 6) is 0.865. The number of carbonyl (C=O) groups is 2. The molecule has 1 aromatic heterocycles. The van der Waals surface area contributed by atoms with Gasteiger partial charge in [0, 0.05) is 24.6 Å².